The van der Waals surface area contributed by atoms with E-state index >= 15 is 0 Å². The molecule has 0 aliphatic heterocycles. The van der Waals surface area contributed by atoms with Crippen molar-refractivity contribution < 1.29 is 9.72 Å². The first-order chi connectivity index (χ1) is 11.3. The summed E-state index contributed by atoms with van der Waals surface area (Å²) in [6.45, 7) is 6.22. The summed E-state index contributed by atoms with van der Waals surface area (Å²) in [5, 5.41) is 15.9. The van der Waals surface area contributed by atoms with Crippen LogP contribution in [0.15, 0.2) is 29.6 Å². The van der Waals surface area contributed by atoms with Crippen molar-refractivity contribution in [3.05, 3.63) is 45.5 Å². The number of benzene rings is 1. The fourth-order valence-corrected chi connectivity index (χ4v) is 2.80. The number of nitro benzene ring substituents is 1. The molecule has 0 aliphatic rings. The topological polar surface area (TPSA) is 111 Å². The number of nitrogens with zero attached hydrogens (tertiary/aromatic N) is 2. The minimum Gasteiger partial charge on any atom is -0.344 e. The molecule has 1 aromatic carbocycles. The molecule has 1 heterocycles. The van der Waals surface area contributed by atoms with Crippen LogP contribution in [0.1, 0.15) is 31.3 Å². The number of rotatable bonds is 6. The Kier molecular flexibility index (Phi) is 7.04. The van der Waals surface area contributed by atoms with Crippen molar-refractivity contribution in [3.63, 3.8) is 0 Å². The van der Waals surface area contributed by atoms with E-state index in [0.717, 1.165) is 5.56 Å². The van der Waals surface area contributed by atoms with Crippen molar-refractivity contribution in [1.82, 2.24) is 10.3 Å². The first-order valence-corrected chi connectivity index (χ1v) is 8.37. The molecule has 1 aromatic heterocycles. The largest absolute Gasteiger partial charge is 0.344 e. The molecule has 0 spiro atoms. The average Bonchev–Trinajstić information content (AvgIpc) is 3.04. The van der Waals surface area contributed by atoms with E-state index in [4.69, 9.17) is 5.73 Å². The third-order valence-corrected chi connectivity index (χ3v) is 5.05. The van der Waals surface area contributed by atoms with Gasteiger partial charge in [0.05, 0.1) is 10.5 Å². The standard InChI is InChI=1S/C16H20N4O3S.ClH/c1-10(2)16(3,9-17)19-14(21)13-8-24-15(18-13)11-4-6-12(7-5-11)20(22)23;/h4-8,10H,9,17H2,1-3H3,(H,19,21);1H. The van der Waals surface area contributed by atoms with E-state index in [1.165, 1.54) is 23.5 Å². The Morgan fingerprint density at radius 3 is 2.48 bits per heavy atom. The lowest BCUT2D eigenvalue weighted by molar-refractivity contribution is -0.384. The minimum absolute atomic E-state index is 0. The molecule has 136 valence electrons. The number of amides is 1. The molecule has 0 bridgehead atoms. The van der Waals surface area contributed by atoms with Gasteiger partial charge in [0.1, 0.15) is 10.7 Å². The highest BCUT2D eigenvalue weighted by molar-refractivity contribution is 7.13. The molecule has 1 amide bonds. The fourth-order valence-electron chi connectivity index (χ4n) is 1.99. The lowest BCUT2D eigenvalue weighted by Crippen LogP contribution is -2.55. The number of aromatic nitrogens is 1. The number of thiazole rings is 1. The Morgan fingerprint density at radius 2 is 2.00 bits per heavy atom. The number of non-ortho nitro benzene ring substituents is 1. The summed E-state index contributed by atoms with van der Waals surface area (Å²) in [6, 6.07) is 6.08. The lowest BCUT2D eigenvalue weighted by Gasteiger charge is -2.33. The zero-order chi connectivity index (χ0) is 17.9. The van der Waals surface area contributed by atoms with Crippen molar-refractivity contribution in [3.8, 4) is 10.6 Å². The fraction of sp³-hybridized carbons (Fsp3) is 0.375. The molecular formula is C16H21ClN4O3S. The maximum atomic E-state index is 12.4. The number of halogens is 1. The summed E-state index contributed by atoms with van der Waals surface area (Å²) in [6.07, 6.45) is 0. The van der Waals surface area contributed by atoms with Crippen LogP contribution >= 0.6 is 23.7 Å². The Bertz CT molecular complexity index is 748. The molecule has 0 radical (unpaired) electrons. The van der Waals surface area contributed by atoms with Crippen molar-refractivity contribution in [1.29, 1.82) is 0 Å². The minimum atomic E-state index is -0.506. The molecule has 3 N–H and O–H groups in total. The van der Waals surface area contributed by atoms with Crippen molar-refractivity contribution >= 4 is 35.3 Å². The predicted molar refractivity (Wildman–Crippen MR) is 101 cm³/mol. The number of nitro groups is 1. The molecule has 2 aromatic rings. The van der Waals surface area contributed by atoms with Crippen molar-refractivity contribution in [2.45, 2.75) is 26.3 Å². The van der Waals surface area contributed by atoms with E-state index in [2.05, 4.69) is 10.3 Å². The smallest absolute Gasteiger partial charge is 0.271 e. The Labute approximate surface area is 156 Å². The normalized spacial score (nSPS) is 13.0. The van der Waals surface area contributed by atoms with Gasteiger partial charge in [-0.25, -0.2) is 4.98 Å². The maximum absolute atomic E-state index is 12.4. The molecule has 0 saturated carbocycles. The number of carbonyl (C=O) groups excluding carboxylic acids is 1. The molecule has 0 saturated heterocycles. The third kappa shape index (κ3) is 4.75. The summed E-state index contributed by atoms with van der Waals surface area (Å²) in [5.41, 5.74) is 6.34. The Morgan fingerprint density at radius 1 is 1.40 bits per heavy atom. The van der Waals surface area contributed by atoms with Gasteiger partial charge < -0.3 is 11.1 Å². The summed E-state index contributed by atoms with van der Waals surface area (Å²) in [7, 11) is 0. The summed E-state index contributed by atoms with van der Waals surface area (Å²) in [4.78, 5) is 27.0. The molecule has 0 aliphatic carbocycles. The van der Waals surface area contributed by atoms with Crippen LogP contribution in [0, 0.1) is 16.0 Å². The molecule has 7 nitrogen and oxygen atoms in total. The number of hydrogen-bond donors (Lipinski definition) is 2. The molecule has 25 heavy (non-hydrogen) atoms. The number of nitrogens with two attached hydrogens (primary N) is 1. The van der Waals surface area contributed by atoms with Gasteiger partial charge in [0, 0.05) is 29.6 Å². The first-order valence-electron chi connectivity index (χ1n) is 7.50. The lowest BCUT2D eigenvalue weighted by atomic mass is 9.88. The van der Waals surface area contributed by atoms with Gasteiger partial charge in [-0.3, -0.25) is 14.9 Å². The molecule has 1 unspecified atom stereocenters. The summed E-state index contributed by atoms with van der Waals surface area (Å²) < 4.78 is 0. The first kappa shape index (κ1) is 21.0. The van der Waals surface area contributed by atoms with Gasteiger partial charge in [0.15, 0.2) is 0 Å². The van der Waals surface area contributed by atoms with Gasteiger partial charge >= 0.3 is 0 Å². The van der Waals surface area contributed by atoms with Gasteiger partial charge in [-0.1, -0.05) is 13.8 Å². The van der Waals surface area contributed by atoms with E-state index in [-0.39, 0.29) is 29.9 Å². The second kappa shape index (κ2) is 8.37. The van der Waals surface area contributed by atoms with E-state index in [0.29, 0.717) is 17.2 Å². The van der Waals surface area contributed by atoms with E-state index in [9.17, 15) is 14.9 Å². The van der Waals surface area contributed by atoms with E-state index < -0.39 is 10.5 Å². The molecule has 2 rings (SSSR count). The van der Waals surface area contributed by atoms with Crippen LogP contribution in [0.25, 0.3) is 10.6 Å². The average molecular weight is 385 g/mol. The molecular weight excluding hydrogens is 364 g/mol. The summed E-state index contributed by atoms with van der Waals surface area (Å²) >= 11 is 1.31. The number of nitrogens with one attached hydrogen (secondary N) is 1. The predicted octanol–water partition coefficient (Wildman–Crippen LogP) is 3.24. The third-order valence-electron chi connectivity index (χ3n) is 4.16. The highest BCUT2D eigenvalue weighted by Gasteiger charge is 2.29. The Hall–Kier alpha value is -2.03. The van der Waals surface area contributed by atoms with Crippen LogP contribution in [-0.4, -0.2) is 27.9 Å². The molecule has 0 fully saturated rings. The Balaban J connectivity index is 0.00000312. The van der Waals surface area contributed by atoms with Crippen LogP contribution in [0.5, 0.6) is 0 Å². The number of carbonyl (C=O) groups is 1. The van der Waals surface area contributed by atoms with Crippen LogP contribution in [0.2, 0.25) is 0 Å². The van der Waals surface area contributed by atoms with Gasteiger partial charge in [-0.15, -0.1) is 23.7 Å². The molecule has 9 heteroatoms. The highest BCUT2D eigenvalue weighted by Crippen LogP contribution is 2.26. The number of hydrogen-bond acceptors (Lipinski definition) is 6. The second-order valence-electron chi connectivity index (χ2n) is 6.07. The van der Waals surface area contributed by atoms with Crippen molar-refractivity contribution in [2.24, 2.45) is 11.7 Å². The molecule has 1 atom stereocenters. The van der Waals surface area contributed by atoms with Gasteiger partial charge in [0.2, 0.25) is 0 Å². The van der Waals surface area contributed by atoms with E-state index in [1.54, 1.807) is 17.5 Å². The SMILES string of the molecule is CC(C)C(C)(CN)NC(=O)c1csc(-c2ccc([N+](=O)[O-])cc2)n1.Cl. The quantitative estimate of drug-likeness (QED) is 0.586. The second-order valence-corrected chi connectivity index (χ2v) is 6.93. The van der Waals surface area contributed by atoms with E-state index in [1.807, 2.05) is 20.8 Å². The van der Waals surface area contributed by atoms with Crippen LogP contribution in [0.4, 0.5) is 5.69 Å². The van der Waals surface area contributed by atoms with Gasteiger partial charge in [-0.2, -0.15) is 0 Å². The maximum Gasteiger partial charge on any atom is 0.271 e. The van der Waals surface area contributed by atoms with Crippen molar-refractivity contribution in [2.75, 3.05) is 6.54 Å². The zero-order valence-electron chi connectivity index (χ0n) is 14.2. The summed E-state index contributed by atoms with van der Waals surface area (Å²) in [5.74, 6) is -0.0970. The van der Waals surface area contributed by atoms with Crippen LogP contribution in [-0.2, 0) is 0 Å². The van der Waals surface area contributed by atoms with Crippen LogP contribution in [0.3, 0.4) is 0 Å². The monoisotopic (exact) mass is 384 g/mol. The van der Waals surface area contributed by atoms with Crippen LogP contribution < -0.4 is 11.1 Å². The van der Waals surface area contributed by atoms with Gasteiger partial charge in [-0.05, 0) is 25.0 Å². The highest BCUT2D eigenvalue weighted by atomic mass is 35.5. The zero-order valence-corrected chi connectivity index (χ0v) is 15.8. The van der Waals surface area contributed by atoms with Gasteiger partial charge in [0.25, 0.3) is 11.6 Å².